The number of ether oxygens (including phenoxy) is 1. The molecule has 0 fully saturated rings. The van der Waals surface area contributed by atoms with Crippen LogP contribution in [0.3, 0.4) is 0 Å². The number of halogens is 4. The number of nitrogens with one attached hydrogen (secondary N) is 1. The molecule has 0 saturated carbocycles. The maximum atomic E-state index is 14.3. The van der Waals surface area contributed by atoms with Gasteiger partial charge in [0.15, 0.2) is 0 Å². The van der Waals surface area contributed by atoms with Gasteiger partial charge in [0.2, 0.25) is 5.60 Å². The topological polar surface area (TPSA) is 58.1 Å². The van der Waals surface area contributed by atoms with Crippen molar-refractivity contribution in [1.29, 1.82) is 0 Å². The minimum Gasteiger partial charge on any atom is -0.496 e. The zero-order valence-electron chi connectivity index (χ0n) is 16.4. The smallest absolute Gasteiger partial charge is 0.423 e. The Morgan fingerprint density at radius 2 is 1.83 bits per heavy atom. The number of alkyl halides is 3. The highest BCUT2D eigenvalue weighted by Crippen LogP contribution is 2.52. The number of rotatable bonds is 5. The lowest BCUT2D eigenvalue weighted by Crippen LogP contribution is -2.53. The van der Waals surface area contributed by atoms with Gasteiger partial charge in [0.05, 0.1) is 23.8 Å². The molecule has 2 N–H and O–H groups in total. The van der Waals surface area contributed by atoms with Gasteiger partial charge < -0.3 is 14.8 Å². The van der Waals surface area contributed by atoms with Gasteiger partial charge in [-0.2, -0.15) is 13.2 Å². The number of aromatic nitrogens is 2. The van der Waals surface area contributed by atoms with Gasteiger partial charge in [0.1, 0.15) is 11.6 Å². The highest BCUT2D eigenvalue weighted by molar-refractivity contribution is 5.76. The quantitative estimate of drug-likeness (QED) is 0.577. The van der Waals surface area contributed by atoms with E-state index in [0.717, 1.165) is 6.07 Å². The fourth-order valence-electron chi connectivity index (χ4n) is 3.73. The number of fused-ring (bicyclic) bond motifs is 1. The lowest BCUT2D eigenvalue weighted by molar-refractivity contribution is -0.293. The first-order valence-electron chi connectivity index (χ1n) is 9.00. The predicted octanol–water partition coefficient (Wildman–Crippen LogP) is 5.07. The van der Waals surface area contributed by atoms with Crippen LogP contribution in [0.4, 0.5) is 17.6 Å². The van der Waals surface area contributed by atoms with E-state index in [1.54, 1.807) is 12.1 Å². The van der Waals surface area contributed by atoms with Gasteiger partial charge in [-0.1, -0.05) is 20.8 Å². The van der Waals surface area contributed by atoms with Crippen LogP contribution in [0.5, 0.6) is 5.75 Å². The molecular weight excluding hydrogens is 388 g/mol. The van der Waals surface area contributed by atoms with Crippen LogP contribution in [0.15, 0.2) is 42.6 Å². The minimum atomic E-state index is -5.01. The van der Waals surface area contributed by atoms with Crippen molar-refractivity contribution < 1.29 is 27.4 Å². The first kappa shape index (κ1) is 21.1. The number of methoxy groups -OCH3 is 1. The molecule has 4 nitrogen and oxygen atoms in total. The lowest BCUT2D eigenvalue weighted by Gasteiger charge is -2.44. The highest BCUT2D eigenvalue weighted by Gasteiger charge is 2.62. The first-order chi connectivity index (χ1) is 13.4. The number of hydrogen-bond acceptors (Lipinski definition) is 3. The summed E-state index contributed by atoms with van der Waals surface area (Å²) in [6.07, 6.45) is -3.55. The molecule has 8 heteroatoms. The monoisotopic (exact) mass is 410 g/mol. The number of pyridine rings is 1. The third-order valence-corrected chi connectivity index (χ3v) is 5.80. The molecule has 2 heterocycles. The standard InChI is InChI=1S/C21H22F4N2O2/c1-12(19(2,3)14-10-13(22)7-8-17(14)29-4)20(28,21(23,24)25)18-11-16-15(27-18)6-5-9-26-16/h5-12,27-28H,1-4H3. The van der Waals surface area contributed by atoms with Crippen molar-refractivity contribution in [3.05, 3.63) is 59.7 Å². The molecular formula is C21H22F4N2O2. The average molecular weight is 410 g/mol. The molecule has 3 rings (SSSR count). The highest BCUT2D eigenvalue weighted by atomic mass is 19.4. The SMILES string of the molecule is COc1ccc(F)cc1C(C)(C)C(C)C(O)(c1cc2ncccc2[nH]1)C(F)(F)F. The maximum absolute atomic E-state index is 14.3. The van der Waals surface area contributed by atoms with Gasteiger partial charge in [-0.05, 0) is 41.8 Å². The number of aromatic amines is 1. The van der Waals surface area contributed by atoms with Crippen molar-refractivity contribution in [2.24, 2.45) is 5.92 Å². The molecule has 0 spiro atoms. The predicted molar refractivity (Wildman–Crippen MR) is 101 cm³/mol. The van der Waals surface area contributed by atoms with Crippen molar-refractivity contribution in [3.8, 4) is 5.75 Å². The van der Waals surface area contributed by atoms with Crippen molar-refractivity contribution in [2.45, 2.75) is 38.0 Å². The van der Waals surface area contributed by atoms with E-state index in [1.165, 1.54) is 52.3 Å². The Hall–Kier alpha value is -2.61. The summed E-state index contributed by atoms with van der Waals surface area (Å²) < 4.78 is 62.0. The van der Waals surface area contributed by atoms with Crippen molar-refractivity contribution in [1.82, 2.24) is 9.97 Å². The lowest BCUT2D eigenvalue weighted by atomic mass is 9.65. The van der Waals surface area contributed by atoms with Crippen LogP contribution >= 0.6 is 0 Å². The van der Waals surface area contributed by atoms with Crippen molar-refractivity contribution in [3.63, 3.8) is 0 Å². The second-order valence-corrected chi connectivity index (χ2v) is 7.67. The molecule has 1 aromatic carbocycles. The van der Waals surface area contributed by atoms with E-state index < -0.39 is 34.6 Å². The summed E-state index contributed by atoms with van der Waals surface area (Å²) in [6.45, 7) is 4.33. The summed E-state index contributed by atoms with van der Waals surface area (Å²) in [7, 11) is 1.36. The number of aliphatic hydroxyl groups is 1. The van der Waals surface area contributed by atoms with Crippen LogP contribution in [0, 0.1) is 11.7 Å². The zero-order chi connectivity index (χ0) is 21.6. The van der Waals surface area contributed by atoms with Crippen LogP contribution in [-0.2, 0) is 11.0 Å². The normalized spacial score (nSPS) is 15.9. The molecule has 0 saturated heterocycles. The molecule has 0 aliphatic carbocycles. The molecule has 2 unspecified atom stereocenters. The molecule has 2 aromatic heterocycles. The van der Waals surface area contributed by atoms with Crippen molar-refractivity contribution >= 4 is 11.0 Å². The Kier molecular flexibility index (Phi) is 5.11. The van der Waals surface area contributed by atoms with E-state index in [9.17, 15) is 22.7 Å². The third-order valence-electron chi connectivity index (χ3n) is 5.80. The van der Waals surface area contributed by atoms with E-state index in [0.29, 0.717) is 11.0 Å². The van der Waals surface area contributed by atoms with E-state index in [1.807, 2.05) is 0 Å². The van der Waals surface area contributed by atoms with E-state index in [2.05, 4.69) is 9.97 Å². The molecule has 2 atom stereocenters. The van der Waals surface area contributed by atoms with E-state index in [4.69, 9.17) is 4.74 Å². The average Bonchev–Trinajstić information content (AvgIpc) is 3.10. The zero-order valence-corrected chi connectivity index (χ0v) is 16.4. The summed E-state index contributed by atoms with van der Waals surface area (Å²) in [6, 6.07) is 8.02. The Bertz CT molecular complexity index is 996. The van der Waals surface area contributed by atoms with Crippen LogP contribution in [0.25, 0.3) is 11.0 Å². The van der Waals surface area contributed by atoms with Gasteiger partial charge in [0, 0.05) is 17.7 Å². The maximum Gasteiger partial charge on any atom is 0.423 e. The van der Waals surface area contributed by atoms with Gasteiger partial charge >= 0.3 is 6.18 Å². The molecule has 29 heavy (non-hydrogen) atoms. The van der Waals surface area contributed by atoms with Gasteiger partial charge in [-0.15, -0.1) is 0 Å². The molecule has 0 radical (unpaired) electrons. The molecule has 156 valence electrons. The van der Waals surface area contributed by atoms with Gasteiger partial charge in [-0.25, -0.2) is 4.39 Å². The van der Waals surface area contributed by atoms with E-state index >= 15 is 0 Å². The minimum absolute atomic E-state index is 0.226. The van der Waals surface area contributed by atoms with Gasteiger partial charge in [-0.3, -0.25) is 4.98 Å². The Balaban J connectivity index is 2.20. The summed E-state index contributed by atoms with van der Waals surface area (Å²) in [5, 5.41) is 11.1. The number of H-pyrrole nitrogens is 1. The van der Waals surface area contributed by atoms with Crippen LogP contribution in [-0.4, -0.2) is 28.4 Å². The molecule has 0 aliphatic rings. The second-order valence-electron chi connectivity index (χ2n) is 7.67. The molecule has 0 amide bonds. The summed E-state index contributed by atoms with van der Waals surface area (Å²) in [4.78, 5) is 6.69. The second kappa shape index (κ2) is 7.02. The number of benzene rings is 1. The Morgan fingerprint density at radius 3 is 2.41 bits per heavy atom. The fourth-order valence-corrected chi connectivity index (χ4v) is 3.73. The molecule has 3 aromatic rings. The molecule has 0 bridgehead atoms. The Morgan fingerprint density at radius 1 is 1.14 bits per heavy atom. The van der Waals surface area contributed by atoms with Crippen molar-refractivity contribution in [2.75, 3.05) is 7.11 Å². The summed E-state index contributed by atoms with van der Waals surface area (Å²) in [5.74, 6) is -1.78. The molecule has 0 aliphatic heterocycles. The number of nitrogens with zero attached hydrogens (tertiary/aromatic N) is 1. The summed E-state index contributed by atoms with van der Waals surface area (Å²) >= 11 is 0. The van der Waals surface area contributed by atoms with E-state index in [-0.39, 0.29) is 11.3 Å². The van der Waals surface area contributed by atoms with Crippen LogP contribution < -0.4 is 4.74 Å². The fraction of sp³-hybridized carbons (Fsp3) is 0.381. The summed E-state index contributed by atoms with van der Waals surface area (Å²) in [5.41, 5.74) is -4.08. The van der Waals surface area contributed by atoms with Crippen LogP contribution in [0.2, 0.25) is 0 Å². The van der Waals surface area contributed by atoms with Crippen LogP contribution in [0.1, 0.15) is 32.0 Å². The third kappa shape index (κ3) is 3.35. The first-order valence-corrected chi connectivity index (χ1v) is 9.00. The largest absolute Gasteiger partial charge is 0.496 e. The number of hydrogen-bond donors (Lipinski definition) is 2. The van der Waals surface area contributed by atoms with Gasteiger partial charge in [0.25, 0.3) is 0 Å². The Labute approximate surface area is 165 Å².